The van der Waals surface area contributed by atoms with Crippen molar-refractivity contribution >= 4 is 39.0 Å². The van der Waals surface area contributed by atoms with Crippen LogP contribution in [0.1, 0.15) is 11.1 Å². The van der Waals surface area contributed by atoms with Crippen molar-refractivity contribution in [3.63, 3.8) is 0 Å². The van der Waals surface area contributed by atoms with E-state index in [1.54, 1.807) is 18.2 Å². The maximum atomic E-state index is 11.3. The van der Waals surface area contributed by atoms with Crippen LogP contribution in [0.5, 0.6) is 11.6 Å². The molecule has 3 rings (SSSR count). The number of hydrogen-bond donors (Lipinski definition) is 2. The number of amides is 1. The number of halogens is 1. The minimum absolute atomic E-state index is 0.129. The SMILES string of the molecule is COC(=O)Nc1nc(O)c2c(n1)c(Br)nn2Cc1cc(C#N)ccc1OC. The van der Waals surface area contributed by atoms with Crippen LogP contribution in [0.25, 0.3) is 11.0 Å². The molecule has 0 saturated carbocycles. The summed E-state index contributed by atoms with van der Waals surface area (Å²) in [4.78, 5) is 19.3. The van der Waals surface area contributed by atoms with E-state index in [2.05, 4.69) is 47.1 Å². The number of aromatic nitrogens is 4. The van der Waals surface area contributed by atoms with Gasteiger partial charge in [-0.2, -0.15) is 15.3 Å². The molecule has 138 valence electrons. The van der Waals surface area contributed by atoms with Crippen LogP contribution in [0, 0.1) is 11.3 Å². The van der Waals surface area contributed by atoms with E-state index in [-0.39, 0.29) is 23.9 Å². The minimum Gasteiger partial charge on any atom is -0.496 e. The van der Waals surface area contributed by atoms with Crippen molar-refractivity contribution < 1.29 is 19.4 Å². The van der Waals surface area contributed by atoms with Crippen molar-refractivity contribution in [3.05, 3.63) is 33.9 Å². The lowest BCUT2D eigenvalue weighted by atomic mass is 10.1. The standard InChI is InChI=1S/C16H13BrN6O4/c1-26-10-4-3-8(6-18)5-9(10)7-23-12-11(13(17)22-23)19-15(20-14(12)24)21-16(25)27-2/h3-5H,7H2,1-2H3,(H2,19,20,21,24,25). The largest absolute Gasteiger partial charge is 0.496 e. The maximum Gasteiger partial charge on any atom is 0.413 e. The molecule has 27 heavy (non-hydrogen) atoms. The molecule has 2 heterocycles. The lowest BCUT2D eigenvalue weighted by Crippen LogP contribution is -2.13. The molecule has 3 aromatic rings. The Balaban J connectivity index is 2.07. The molecule has 2 N–H and O–H groups in total. The van der Waals surface area contributed by atoms with Gasteiger partial charge in [0.1, 0.15) is 11.3 Å². The van der Waals surface area contributed by atoms with Crippen LogP contribution in [-0.4, -0.2) is 45.2 Å². The number of nitriles is 1. The highest BCUT2D eigenvalue weighted by atomic mass is 79.9. The second kappa shape index (κ2) is 7.46. The number of benzene rings is 1. The molecule has 11 heteroatoms. The van der Waals surface area contributed by atoms with Gasteiger partial charge in [-0.05, 0) is 34.1 Å². The van der Waals surface area contributed by atoms with Crippen LogP contribution in [0.15, 0.2) is 22.8 Å². The summed E-state index contributed by atoms with van der Waals surface area (Å²) in [5.41, 5.74) is 1.70. The Morgan fingerprint density at radius 3 is 2.85 bits per heavy atom. The zero-order valence-corrected chi connectivity index (χ0v) is 15.8. The zero-order chi connectivity index (χ0) is 19.6. The number of nitrogens with zero attached hydrogens (tertiary/aromatic N) is 5. The number of carbonyl (C=O) groups is 1. The lowest BCUT2D eigenvalue weighted by Gasteiger charge is -2.10. The fraction of sp³-hybridized carbons (Fsp3) is 0.188. The third-order valence-electron chi connectivity index (χ3n) is 3.66. The highest BCUT2D eigenvalue weighted by Gasteiger charge is 2.19. The molecule has 0 fully saturated rings. The first kappa shape index (κ1) is 18.4. The molecule has 0 spiro atoms. The number of hydrogen-bond acceptors (Lipinski definition) is 8. The molecular formula is C16H13BrN6O4. The number of nitrogens with one attached hydrogen (secondary N) is 1. The fourth-order valence-electron chi connectivity index (χ4n) is 2.47. The normalized spacial score (nSPS) is 10.4. The average Bonchev–Trinajstić information content (AvgIpc) is 2.97. The van der Waals surface area contributed by atoms with Crippen LogP contribution in [0.4, 0.5) is 10.7 Å². The van der Waals surface area contributed by atoms with Gasteiger partial charge in [0.05, 0.1) is 32.4 Å². The summed E-state index contributed by atoms with van der Waals surface area (Å²) >= 11 is 3.29. The number of methoxy groups -OCH3 is 2. The monoisotopic (exact) mass is 432 g/mol. The second-order valence-electron chi connectivity index (χ2n) is 5.27. The van der Waals surface area contributed by atoms with Gasteiger partial charge in [-0.1, -0.05) is 0 Å². The minimum atomic E-state index is -0.768. The molecule has 1 aromatic carbocycles. The van der Waals surface area contributed by atoms with E-state index in [1.165, 1.54) is 18.9 Å². The Hall–Kier alpha value is -3.39. The Labute approximate surface area is 161 Å². The van der Waals surface area contributed by atoms with E-state index in [0.717, 1.165) is 0 Å². The number of aromatic hydroxyl groups is 1. The predicted octanol–water partition coefficient (Wildman–Crippen LogP) is 2.40. The van der Waals surface area contributed by atoms with Crippen molar-refractivity contribution in [1.82, 2.24) is 19.7 Å². The summed E-state index contributed by atoms with van der Waals surface area (Å²) in [6.07, 6.45) is -0.768. The number of fused-ring (bicyclic) bond motifs is 1. The van der Waals surface area contributed by atoms with Gasteiger partial charge in [-0.15, -0.1) is 0 Å². The van der Waals surface area contributed by atoms with Gasteiger partial charge in [-0.25, -0.2) is 9.78 Å². The highest BCUT2D eigenvalue weighted by molar-refractivity contribution is 9.10. The van der Waals surface area contributed by atoms with Gasteiger partial charge in [0, 0.05) is 5.56 Å². The van der Waals surface area contributed by atoms with Crippen molar-refractivity contribution in [3.8, 4) is 17.7 Å². The molecule has 0 radical (unpaired) electrons. The van der Waals surface area contributed by atoms with Gasteiger partial charge < -0.3 is 14.6 Å². The van der Waals surface area contributed by atoms with E-state index in [0.29, 0.717) is 27.0 Å². The summed E-state index contributed by atoms with van der Waals surface area (Å²) in [5, 5.41) is 26.0. The molecule has 0 bridgehead atoms. The highest BCUT2D eigenvalue weighted by Crippen LogP contribution is 2.30. The molecule has 0 unspecified atom stereocenters. The van der Waals surface area contributed by atoms with Gasteiger partial charge in [0.15, 0.2) is 10.1 Å². The Bertz CT molecular complexity index is 1070. The number of ether oxygens (including phenoxy) is 2. The van der Waals surface area contributed by atoms with Crippen molar-refractivity contribution in [1.29, 1.82) is 5.26 Å². The van der Waals surface area contributed by atoms with E-state index in [1.807, 2.05) is 0 Å². The molecule has 1 amide bonds. The van der Waals surface area contributed by atoms with E-state index >= 15 is 0 Å². The van der Waals surface area contributed by atoms with Gasteiger partial charge >= 0.3 is 6.09 Å². The number of rotatable bonds is 4. The fourth-order valence-corrected chi connectivity index (χ4v) is 2.94. The van der Waals surface area contributed by atoms with Crippen LogP contribution in [-0.2, 0) is 11.3 Å². The van der Waals surface area contributed by atoms with E-state index < -0.39 is 6.09 Å². The van der Waals surface area contributed by atoms with E-state index in [4.69, 9.17) is 10.00 Å². The molecule has 2 aromatic heterocycles. The van der Waals surface area contributed by atoms with Crippen LogP contribution in [0.3, 0.4) is 0 Å². The molecule has 10 nitrogen and oxygen atoms in total. The quantitative estimate of drug-likeness (QED) is 0.641. The summed E-state index contributed by atoms with van der Waals surface area (Å²) in [6.45, 7) is 0.196. The van der Waals surface area contributed by atoms with Gasteiger partial charge in [-0.3, -0.25) is 10.00 Å². The third kappa shape index (κ3) is 3.61. The maximum absolute atomic E-state index is 11.3. The Morgan fingerprint density at radius 2 is 2.19 bits per heavy atom. The smallest absolute Gasteiger partial charge is 0.413 e. The number of carbonyl (C=O) groups excluding carboxylic acids is 1. The van der Waals surface area contributed by atoms with Crippen LogP contribution < -0.4 is 10.1 Å². The first-order chi connectivity index (χ1) is 13.0. The third-order valence-corrected chi connectivity index (χ3v) is 4.19. The van der Waals surface area contributed by atoms with Crippen molar-refractivity contribution in [2.75, 3.05) is 19.5 Å². The molecular weight excluding hydrogens is 420 g/mol. The molecule has 0 aliphatic carbocycles. The predicted molar refractivity (Wildman–Crippen MR) is 97.5 cm³/mol. The first-order valence-corrected chi connectivity index (χ1v) is 8.31. The Morgan fingerprint density at radius 1 is 1.41 bits per heavy atom. The molecule has 0 aliphatic heterocycles. The zero-order valence-electron chi connectivity index (χ0n) is 14.2. The topological polar surface area (TPSA) is 135 Å². The van der Waals surface area contributed by atoms with Crippen LogP contribution >= 0.6 is 15.9 Å². The average molecular weight is 433 g/mol. The second-order valence-corrected chi connectivity index (χ2v) is 6.02. The summed E-state index contributed by atoms with van der Waals surface area (Å²) in [6, 6.07) is 7.07. The summed E-state index contributed by atoms with van der Waals surface area (Å²) in [5.74, 6) is 0.0642. The number of anilines is 1. The van der Waals surface area contributed by atoms with Gasteiger partial charge in [0.25, 0.3) is 0 Å². The molecule has 0 aliphatic rings. The van der Waals surface area contributed by atoms with Crippen molar-refractivity contribution in [2.24, 2.45) is 0 Å². The van der Waals surface area contributed by atoms with Gasteiger partial charge in [0.2, 0.25) is 11.8 Å². The molecule has 0 atom stereocenters. The van der Waals surface area contributed by atoms with E-state index in [9.17, 15) is 9.90 Å². The summed E-state index contributed by atoms with van der Waals surface area (Å²) < 4.78 is 11.6. The summed E-state index contributed by atoms with van der Waals surface area (Å²) in [7, 11) is 2.72. The Kier molecular flexibility index (Phi) is 5.09. The first-order valence-electron chi connectivity index (χ1n) is 7.51. The lowest BCUT2D eigenvalue weighted by molar-refractivity contribution is 0.186. The van der Waals surface area contributed by atoms with Crippen LogP contribution in [0.2, 0.25) is 0 Å². The molecule has 0 saturated heterocycles. The van der Waals surface area contributed by atoms with Crippen molar-refractivity contribution in [2.45, 2.75) is 6.54 Å².